The van der Waals surface area contributed by atoms with E-state index in [0.717, 1.165) is 34.3 Å². The molecule has 1 aliphatic rings. The van der Waals surface area contributed by atoms with Crippen molar-refractivity contribution in [1.82, 2.24) is 19.6 Å². The van der Waals surface area contributed by atoms with Crippen molar-refractivity contribution in [3.8, 4) is 0 Å². The van der Waals surface area contributed by atoms with Crippen LogP contribution in [0.1, 0.15) is 42.4 Å². The molecule has 7 heteroatoms. The lowest BCUT2D eigenvalue weighted by Crippen LogP contribution is -2.09. The summed E-state index contributed by atoms with van der Waals surface area (Å²) in [4.78, 5) is 4.46. The van der Waals surface area contributed by atoms with Crippen LogP contribution in [0.2, 0.25) is 5.02 Å². The van der Waals surface area contributed by atoms with Crippen LogP contribution in [0.25, 0.3) is 5.65 Å². The number of hydrogen-bond acceptors (Lipinski definition) is 5. The number of rotatable bonds is 4. The highest BCUT2D eigenvalue weighted by atomic mass is 35.5. The van der Waals surface area contributed by atoms with E-state index in [2.05, 4.69) is 31.8 Å². The maximum atomic E-state index is 6.09. The summed E-state index contributed by atoms with van der Waals surface area (Å²) in [6.45, 7) is 2.08. The molecule has 2 aromatic heterocycles. The zero-order valence-electron chi connectivity index (χ0n) is 13.3. The van der Waals surface area contributed by atoms with Crippen LogP contribution in [0, 0.1) is 0 Å². The van der Waals surface area contributed by atoms with Crippen molar-refractivity contribution in [2.45, 2.75) is 31.1 Å². The van der Waals surface area contributed by atoms with Gasteiger partial charge in [-0.05, 0) is 43.2 Å². The van der Waals surface area contributed by atoms with Crippen LogP contribution in [0.4, 0.5) is 5.82 Å². The van der Waals surface area contributed by atoms with Crippen molar-refractivity contribution >= 4 is 34.8 Å². The average Bonchev–Trinajstić information content (AvgIpc) is 3.24. The van der Waals surface area contributed by atoms with Gasteiger partial charge in [-0.15, -0.1) is 10.2 Å². The standard InChI is InChI=1S/C17H18ClN5S/c1-11(12-4-2-5-13(18)10-12)20-15-17-22-21-16(14-6-3-9-24-14)23(17)8-7-19-15/h2,4-5,7-8,10-11,14H,3,6,9H2,1H3,(H,19,20)/t11-,14+/m1/s1. The summed E-state index contributed by atoms with van der Waals surface area (Å²) in [7, 11) is 0. The van der Waals surface area contributed by atoms with Gasteiger partial charge in [0.15, 0.2) is 11.6 Å². The van der Waals surface area contributed by atoms with Gasteiger partial charge in [-0.1, -0.05) is 23.7 Å². The summed E-state index contributed by atoms with van der Waals surface area (Å²) in [5.74, 6) is 2.96. The number of fused-ring (bicyclic) bond motifs is 1. The highest BCUT2D eigenvalue weighted by molar-refractivity contribution is 7.99. The van der Waals surface area contributed by atoms with E-state index >= 15 is 0 Å². The van der Waals surface area contributed by atoms with Crippen molar-refractivity contribution in [1.29, 1.82) is 0 Å². The SMILES string of the molecule is C[C@@H](Nc1nccn2c([C@@H]3CCCS3)nnc12)c1cccc(Cl)c1. The molecule has 2 atom stereocenters. The Bertz CT molecular complexity index is 859. The van der Waals surface area contributed by atoms with Gasteiger partial charge in [0.2, 0.25) is 5.65 Å². The summed E-state index contributed by atoms with van der Waals surface area (Å²) in [6.07, 6.45) is 6.15. The fraction of sp³-hybridized carbons (Fsp3) is 0.353. The minimum atomic E-state index is 0.0726. The molecule has 0 spiro atoms. The van der Waals surface area contributed by atoms with E-state index in [1.165, 1.54) is 12.2 Å². The molecule has 0 aliphatic carbocycles. The number of hydrogen-bond donors (Lipinski definition) is 1. The third-order valence-corrected chi connectivity index (χ3v) is 5.88. The Morgan fingerprint density at radius 2 is 2.29 bits per heavy atom. The molecule has 1 fully saturated rings. The summed E-state index contributed by atoms with van der Waals surface area (Å²) in [5, 5.41) is 13.4. The van der Waals surface area contributed by atoms with Gasteiger partial charge < -0.3 is 5.32 Å². The van der Waals surface area contributed by atoms with Gasteiger partial charge in [0.1, 0.15) is 0 Å². The van der Waals surface area contributed by atoms with Gasteiger partial charge in [0.05, 0.1) is 11.3 Å². The largest absolute Gasteiger partial charge is 0.360 e. The molecule has 124 valence electrons. The molecular formula is C17H18ClN5S. The highest BCUT2D eigenvalue weighted by Crippen LogP contribution is 2.39. The number of halogens is 1. The molecule has 3 heterocycles. The molecular weight excluding hydrogens is 342 g/mol. The molecule has 1 aliphatic heterocycles. The average molecular weight is 360 g/mol. The second-order valence-corrected chi connectivity index (χ2v) is 7.70. The van der Waals surface area contributed by atoms with Crippen LogP contribution in [-0.2, 0) is 0 Å². The Hall–Kier alpha value is -1.79. The quantitative estimate of drug-likeness (QED) is 0.742. The highest BCUT2D eigenvalue weighted by Gasteiger charge is 2.24. The normalized spacial score (nSPS) is 18.8. The van der Waals surface area contributed by atoms with Crippen molar-refractivity contribution in [3.05, 3.63) is 53.1 Å². The van der Waals surface area contributed by atoms with Crippen molar-refractivity contribution in [2.24, 2.45) is 0 Å². The Kier molecular flexibility index (Phi) is 4.33. The Morgan fingerprint density at radius 1 is 1.38 bits per heavy atom. The predicted octanol–water partition coefficient (Wildman–Crippen LogP) is 4.52. The Morgan fingerprint density at radius 3 is 3.08 bits per heavy atom. The van der Waals surface area contributed by atoms with Gasteiger partial charge in [-0.25, -0.2) is 4.98 Å². The van der Waals surface area contributed by atoms with E-state index in [9.17, 15) is 0 Å². The van der Waals surface area contributed by atoms with Crippen molar-refractivity contribution in [2.75, 3.05) is 11.1 Å². The second-order valence-electron chi connectivity index (χ2n) is 5.95. The van der Waals surface area contributed by atoms with Crippen LogP contribution < -0.4 is 5.32 Å². The van der Waals surface area contributed by atoms with E-state index in [1.807, 2.05) is 42.2 Å². The van der Waals surface area contributed by atoms with Crippen LogP contribution in [0.3, 0.4) is 0 Å². The summed E-state index contributed by atoms with van der Waals surface area (Å²) >= 11 is 8.05. The summed E-state index contributed by atoms with van der Waals surface area (Å²) in [6, 6.07) is 7.91. The first-order valence-corrected chi connectivity index (χ1v) is 9.48. The zero-order valence-corrected chi connectivity index (χ0v) is 14.9. The molecule has 4 rings (SSSR count). The fourth-order valence-corrected chi connectivity index (χ4v) is 4.47. The van der Waals surface area contributed by atoms with Crippen LogP contribution in [-0.4, -0.2) is 25.3 Å². The lowest BCUT2D eigenvalue weighted by atomic mass is 10.1. The minimum absolute atomic E-state index is 0.0726. The lowest BCUT2D eigenvalue weighted by Gasteiger charge is -2.15. The molecule has 3 aromatic rings. The first kappa shape index (κ1) is 15.7. The van der Waals surface area contributed by atoms with E-state index in [1.54, 1.807) is 6.20 Å². The van der Waals surface area contributed by atoms with E-state index in [0.29, 0.717) is 5.25 Å². The predicted molar refractivity (Wildman–Crippen MR) is 98.7 cm³/mol. The number of benzene rings is 1. The molecule has 1 saturated heterocycles. The molecule has 0 radical (unpaired) electrons. The van der Waals surface area contributed by atoms with E-state index in [-0.39, 0.29) is 6.04 Å². The maximum absolute atomic E-state index is 6.09. The number of nitrogens with zero attached hydrogens (tertiary/aromatic N) is 4. The van der Waals surface area contributed by atoms with Crippen LogP contribution in [0.5, 0.6) is 0 Å². The number of anilines is 1. The number of thioether (sulfide) groups is 1. The first-order chi connectivity index (χ1) is 11.7. The number of aromatic nitrogens is 4. The van der Waals surface area contributed by atoms with Crippen molar-refractivity contribution in [3.63, 3.8) is 0 Å². The van der Waals surface area contributed by atoms with Gasteiger partial charge in [-0.2, -0.15) is 11.8 Å². The Labute approximate surface area is 149 Å². The number of nitrogens with one attached hydrogen (secondary N) is 1. The van der Waals surface area contributed by atoms with Gasteiger partial charge in [0, 0.05) is 17.4 Å². The van der Waals surface area contributed by atoms with Crippen molar-refractivity contribution < 1.29 is 0 Å². The van der Waals surface area contributed by atoms with Gasteiger partial charge in [-0.3, -0.25) is 4.40 Å². The zero-order chi connectivity index (χ0) is 16.5. The molecule has 5 nitrogen and oxygen atoms in total. The van der Waals surface area contributed by atoms with Crippen LogP contribution >= 0.6 is 23.4 Å². The van der Waals surface area contributed by atoms with E-state index in [4.69, 9.17) is 11.6 Å². The smallest absolute Gasteiger partial charge is 0.203 e. The molecule has 0 saturated carbocycles. The fourth-order valence-electron chi connectivity index (χ4n) is 3.01. The molecule has 0 amide bonds. The first-order valence-electron chi connectivity index (χ1n) is 8.05. The lowest BCUT2D eigenvalue weighted by molar-refractivity contribution is 0.765. The molecule has 24 heavy (non-hydrogen) atoms. The summed E-state index contributed by atoms with van der Waals surface area (Å²) in [5.41, 5.74) is 1.88. The molecule has 0 unspecified atom stereocenters. The maximum Gasteiger partial charge on any atom is 0.203 e. The molecule has 1 N–H and O–H groups in total. The topological polar surface area (TPSA) is 55.1 Å². The van der Waals surface area contributed by atoms with Gasteiger partial charge in [0.25, 0.3) is 0 Å². The minimum Gasteiger partial charge on any atom is -0.360 e. The molecule has 1 aromatic carbocycles. The van der Waals surface area contributed by atoms with E-state index < -0.39 is 0 Å². The molecule has 0 bridgehead atoms. The monoisotopic (exact) mass is 359 g/mol. The summed E-state index contributed by atoms with van der Waals surface area (Å²) < 4.78 is 2.06. The van der Waals surface area contributed by atoms with Crippen LogP contribution in [0.15, 0.2) is 36.7 Å². The van der Waals surface area contributed by atoms with Gasteiger partial charge >= 0.3 is 0 Å². The third-order valence-electron chi connectivity index (χ3n) is 4.27. The third kappa shape index (κ3) is 2.96. The Balaban J connectivity index is 1.64. The second kappa shape index (κ2) is 6.61.